The van der Waals surface area contributed by atoms with Gasteiger partial charge in [0.05, 0.1) is 0 Å². The Morgan fingerprint density at radius 1 is 1.04 bits per heavy atom. The zero-order valence-corrected chi connectivity index (χ0v) is 15.4. The van der Waals surface area contributed by atoms with Crippen molar-refractivity contribution in [2.75, 3.05) is 20.1 Å². The molecule has 1 fully saturated rings. The number of piperidine rings is 1. The molecule has 0 N–H and O–H groups in total. The molecule has 2 aliphatic heterocycles. The van der Waals surface area contributed by atoms with Gasteiger partial charge in [-0.15, -0.1) is 0 Å². The highest BCUT2D eigenvalue weighted by atomic mass is 79.9. The first-order valence-corrected chi connectivity index (χ1v) is 9.16. The third-order valence-corrected chi connectivity index (χ3v) is 5.97. The first-order chi connectivity index (χ1) is 11.1. The molecule has 2 aromatic rings. The first-order valence-electron chi connectivity index (χ1n) is 8.37. The Morgan fingerprint density at radius 2 is 1.78 bits per heavy atom. The summed E-state index contributed by atoms with van der Waals surface area (Å²) in [5, 5.41) is 0. The fourth-order valence-electron chi connectivity index (χ4n) is 3.79. The van der Waals surface area contributed by atoms with Gasteiger partial charge < -0.3 is 9.47 Å². The van der Waals surface area contributed by atoms with Gasteiger partial charge in [-0.25, -0.2) is 4.98 Å². The van der Waals surface area contributed by atoms with Crippen molar-refractivity contribution in [1.29, 1.82) is 0 Å². The summed E-state index contributed by atoms with van der Waals surface area (Å²) in [7, 11) is 2.21. The summed E-state index contributed by atoms with van der Waals surface area (Å²) >= 11 is 3.64. The van der Waals surface area contributed by atoms with Gasteiger partial charge in [0.15, 0.2) is 0 Å². The monoisotopic (exact) mass is 371 g/mol. The lowest BCUT2D eigenvalue weighted by Crippen LogP contribution is -2.27. The maximum absolute atomic E-state index is 4.89. The van der Waals surface area contributed by atoms with Gasteiger partial charge in [-0.05, 0) is 60.3 Å². The van der Waals surface area contributed by atoms with Crippen LogP contribution in [-0.2, 0) is 13.0 Å². The average Bonchev–Trinajstić information content (AvgIpc) is 2.75. The number of halogens is 1. The molecule has 0 bridgehead atoms. The van der Waals surface area contributed by atoms with Crippen LogP contribution < -0.4 is 0 Å². The molecule has 0 aliphatic carbocycles. The Morgan fingerprint density at radius 3 is 2.57 bits per heavy atom. The first kappa shape index (κ1) is 15.2. The highest BCUT2D eigenvalue weighted by Gasteiger charge is 2.26. The van der Waals surface area contributed by atoms with E-state index in [1.165, 1.54) is 22.4 Å². The van der Waals surface area contributed by atoms with Crippen molar-refractivity contribution < 1.29 is 0 Å². The lowest BCUT2D eigenvalue weighted by molar-refractivity contribution is 0.313. The minimum atomic E-state index is 0.984. The quantitative estimate of drug-likeness (QED) is 0.696. The number of imidazole rings is 1. The van der Waals surface area contributed by atoms with E-state index in [-0.39, 0.29) is 0 Å². The SMILES string of the molecule is Cc1c(Br)nc2n1CCc1ccccc1C2=C1CCN(C)CC1. The van der Waals surface area contributed by atoms with E-state index >= 15 is 0 Å². The van der Waals surface area contributed by atoms with Crippen molar-refractivity contribution in [3.8, 4) is 0 Å². The Hall–Kier alpha value is -1.39. The van der Waals surface area contributed by atoms with E-state index in [1.54, 1.807) is 5.57 Å². The number of aromatic nitrogens is 2. The number of rotatable bonds is 0. The minimum Gasteiger partial charge on any atom is -0.327 e. The summed E-state index contributed by atoms with van der Waals surface area (Å²) in [6.45, 7) is 5.45. The standard InChI is InChI=1S/C19H22BrN3/c1-13-18(20)21-19-17(15-7-10-22(2)11-8-15)16-6-4-3-5-14(16)9-12-23(13)19/h3-6H,7-12H2,1-2H3. The maximum Gasteiger partial charge on any atom is 0.142 e. The van der Waals surface area contributed by atoms with Gasteiger partial charge in [-0.2, -0.15) is 0 Å². The molecule has 1 aromatic heterocycles. The fourth-order valence-corrected chi connectivity index (χ4v) is 4.17. The van der Waals surface area contributed by atoms with Gasteiger partial charge in [0, 0.05) is 30.9 Å². The van der Waals surface area contributed by atoms with Crippen LogP contribution in [0.4, 0.5) is 0 Å². The van der Waals surface area contributed by atoms with E-state index in [1.807, 2.05) is 0 Å². The van der Waals surface area contributed by atoms with Crippen molar-refractivity contribution in [3.05, 3.63) is 57.1 Å². The summed E-state index contributed by atoms with van der Waals surface area (Å²) in [5.41, 5.74) is 7.04. The summed E-state index contributed by atoms with van der Waals surface area (Å²) in [5.74, 6) is 1.15. The number of aryl methyl sites for hydroxylation is 1. The third kappa shape index (κ3) is 2.58. The molecule has 0 amide bonds. The normalized spacial score (nSPS) is 18.6. The maximum atomic E-state index is 4.89. The molecule has 0 unspecified atom stereocenters. The van der Waals surface area contributed by atoms with Crippen molar-refractivity contribution in [2.45, 2.75) is 32.7 Å². The van der Waals surface area contributed by atoms with Crippen molar-refractivity contribution >= 4 is 21.5 Å². The second kappa shape index (κ2) is 5.91. The van der Waals surface area contributed by atoms with Gasteiger partial charge in [-0.1, -0.05) is 29.8 Å². The van der Waals surface area contributed by atoms with Crippen LogP contribution in [-0.4, -0.2) is 34.6 Å². The molecule has 0 radical (unpaired) electrons. The van der Waals surface area contributed by atoms with Crippen molar-refractivity contribution in [1.82, 2.24) is 14.5 Å². The van der Waals surface area contributed by atoms with E-state index in [0.29, 0.717) is 0 Å². The number of hydrogen-bond acceptors (Lipinski definition) is 2. The summed E-state index contributed by atoms with van der Waals surface area (Å²) in [6.07, 6.45) is 3.36. The van der Waals surface area contributed by atoms with Gasteiger partial charge in [0.2, 0.25) is 0 Å². The molecule has 4 rings (SSSR count). The number of nitrogens with zero attached hydrogens (tertiary/aromatic N) is 3. The molecule has 0 atom stereocenters. The zero-order valence-electron chi connectivity index (χ0n) is 13.8. The van der Waals surface area contributed by atoms with E-state index in [9.17, 15) is 0 Å². The Labute approximate surface area is 146 Å². The summed E-state index contributed by atoms with van der Waals surface area (Å²) in [6, 6.07) is 8.88. The zero-order chi connectivity index (χ0) is 16.0. The highest BCUT2D eigenvalue weighted by molar-refractivity contribution is 9.10. The molecule has 1 saturated heterocycles. The molecule has 120 valence electrons. The van der Waals surface area contributed by atoms with Crippen LogP contribution in [0.1, 0.15) is 35.5 Å². The Kier molecular flexibility index (Phi) is 3.90. The molecule has 3 nitrogen and oxygen atoms in total. The molecule has 3 heterocycles. The van der Waals surface area contributed by atoms with Gasteiger partial charge >= 0.3 is 0 Å². The highest BCUT2D eigenvalue weighted by Crippen LogP contribution is 2.37. The summed E-state index contributed by atoms with van der Waals surface area (Å²) < 4.78 is 3.38. The lowest BCUT2D eigenvalue weighted by atomic mass is 9.90. The second-order valence-electron chi connectivity index (χ2n) is 6.65. The van der Waals surface area contributed by atoms with Crippen molar-refractivity contribution in [2.24, 2.45) is 0 Å². The predicted molar refractivity (Wildman–Crippen MR) is 97.6 cm³/mol. The minimum absolute atomic E-state index is 0.984. The molecule has 0 spiro atoms. The van der Waals surface area contributed by atoms with Crippen LogP contribution in [0.15, 0.2) is 34.4 Å². The Balaban J connectivity index is 1.95. The average molecular weight is 372 g/mol. The number of hydrogen-bond donors (Lipinski definition) is 0. The van der Waals surface area contributed by atoms with E-state index in [4.69, 9.17) is 4.98 Å². The molecular formula is C19H22BrN3. The fraction of sp³-hybridized carbons (Fsp3) is 0.421. The van der Waals surface area contributed by atoms with Crippen LogP contribution in [0, 0.1) is 6.92 Å². The molecule has 1 aromatic carbocycles. The number of benzene rings is 1. The molecule has 0 saturated carbocycles. The topological polar surface area (TPSA) is 21.1 Å². The Bertz CT molecular complexity index is 778. The lowest BCUT2D eigenvalue weighted by Gasteiger charge is -2.26. The van der Waals surface area contributed by atoms with Gasteiger partial charge in [0.1, 0.15) is 10.4 Å². The smallest absolute Gasteiger partial charge is 0.142 e. The van der Waals surface area contributed by atoms with Crippen LogP contribution in [0.25, 0.3) is 5.57 Å². The molecular weight excluding hydrogens is 350 g/mol. The largest absolute Gasteiger partial charge is 0.327 e. The second-order valence-corrected chi connectivity index (χ2v) is 7.40. The number of likely N-dealkylation sites (tertiary alicyclic amines) is 1. The van der Waals surface area contributed by atoms with E-state index < -0.39 is 0 Å². The predicted octanol–water partition coefficient (Wildman–Crippen LogP) is 4.04. The molecule has 23 heavy (non-hydrogen) atoms. The van der Waals surface area contributed by atoms with Crippen LogP contribution in [0.3, 0.4) is 0 Å². The van der Waals surface area contributed by atoms with Gasteiger partial charge in [-0.3, -0.25) is 0 Å². The van der Waals surface area contributed by atoms with Crippen LogP contribution in [0.2, 0.25) is 0 Å². The van der Waals surface area contributed by atoms with E-state index in [0.717, 1.165) is 49.3 Å². The van der Waals surface area contributed by atoms with E-state index in [2.05, 4.69) is 63.6 Å². The van der Waals surface area contributed by atoms with Crippen LogP contribution in [0.5, 0.6) is 0 Å². The molecule has 4 heteroatoms. The van der Waals surface area contributed by atoms with Crippen molar-refractivity contribution in [3.63, 3.8) is 0 Å². The van der Waals surface area contributed by atoms with Gasteiger partial charge in [0.25, 0.3) is 0 Å². The molecule has 2 aliphatic rings. The van der Waals surface area contributed by atoms with Crippen LogP contribution >= 0.6 is 15.9 Å². The summed E-state index contributed by atoms with van der Waals surface area (Å²) in [4.78, 5) is 7.31. The number of fused-ring (bicyclic) bond motifs is 2. The third-order valence-electron chi connectivity index (χ3n) is 5.22.